The van der Waals surface area contributed by atoms with Gasteiger partial charge in [-0.25, -0.2) is 0 Å². The van der Waals surface area contributed by atoms with E-state index in [4.69, 9.17) is 0 Å². The molecule has 0 N–H and O–H groups in total. The van der Waals surface area contributed by atoms with Crippen molar-refractivity contribution in [3.63, 3.8) is 0 Å². The normalized spacial score (nSPS) is 13.4. The minimum Gasteiger partial charge on any atom is -0.195 e. The van der Waals surface area contributed by atoms with Crippen LogP contribution >= 0.6 is 15.9 Å². The molecule has 0 saturated heterocycles. The molecule has 0 unspecified atom stereocenters. The molecule has 2 rings (SSSR count). The van der Waals surface area contributed by atoms with Crippen molar-refractivity contribution in [3.05, 3.63) is 76.3 Å². The van der Waals surface area contributed by atoms with E-state index in [1.54, 1.807) is 36.4 Å². The van der Waals surface area contributed by atoms with Gasteiger partial charge in [0.15, 0.2) is 0 Å². The fourth-order valence-electron chi connectivity index (χ4n) is 1.98. The molecule has 2 aromatic carbocycles. The van der Waals surface area contributed by atoms with Gasteiger partial charge in [0.2, 0.25) is 0 Å². The third-order valence-corrected chi connectivity index (χ3v) is 4.28. The van der Waals surface area contributed by atoms with Gasteiger partial charge >= 0.3 is 10.2 Å². The van der Waals surface area contributed by atoms with Crippen molar-refractivity contribution >= 4 is 32.2 Å². The van der Waals surface area contributed by atoms with Gasteiger partial charge in [-0.2, -0.15) is 8.42 Å². The van der Waals surface area contributed by atoms with Gasteiger partial charge in [-0.05, 0) is 23.3 Å². The van der Waals surface area contributed by atoms with E-state index < -0.39 is 21.9 Å². The molecule has 0 heterocycles. The zero-order valence-corrected chi connectivity index (χ0v) is 13.5. The van der Waals surface area contributed by atoms with Gasteiger partial charge in [0.25, 0.3) is 0 Å². The van der Waals surface area contributed by atoms with E-state index in [9.17, 15) is 12.3 Å². The number of hydrogen-bond donors (Lipinski definition) is 0. The minimum absolute atomic E-state index is 0.509. The zero-order valence-electron chi connectivity index (χ0n) is 11.1. The lowest BCUT2D eigenvalue weighted by atomic mass is 10.00. The van der Waals surface area contributed by atoms with Gasteiger partial charge < -0.3 is 0 Å². The Labute approximate surface area is 132 Å². The molecule has 0 aliphatic carbocycles. The highest BCUT2D eigenvalue weighted by Crippen LogP contribution is 2.22. The van der Waals surface area contributed by atoms with Gasteiger partial charge in [0.05, 0.1) is 5.75 Å². The van der Waals surface area contributed by atoms with Gasteiger partial charge in [0.1, 0.15) is 0 Å². The van der Waals surface area contributed by atoms with Gasteiger partial charge in [0, 0.05) is 10.4 Å². The van der Waals surface area contributed by atoms with Crippen LogP contribution in [-0.2, 0) is 10.2 Å². The Hall–Kier alpha value is -1.46. The SMILES string of the molecule is O=S(=O)(F)C[C@@H](/C=C/c1ccc(Br)cc1)c1ccccc1. The standard InChI is InChI=1S/C16H14BrFO2S/c17-16-10-7-13(8-11-16)6-9-15(12-21(18,19)20)14-4-2-1-3-5-14/h1-11,15H,12H2/b9-6+/t15-/m1/s1. The first kappa shape index (κ1) is 15.9. The Balaban J connectivity index is 2.25. The highest BCUT2D eigenvalue weighted by atomic mass is 79.9. The van der Waals surface area contributed by atoms with E-state index in [2.05, 4.69) is 15.9 Å². The Kier molecular flexibility index (Phi) is 5.31. The molecule has 0 spiro atoms. The molecule has 0 radical (unpaired) electrons. The van der Waals surface area contributed by atoms with E-state index in [1.807, 2.05) is 30.3 Å². The lowest BCUT2D eigenvalue weighted by Gasteiger charge is -2.10. The molecular weight excluding hydrogens is 355 g/mol. The predicted molar refractivity (Wildman–Crippen MR) is 87.3 cm³/mol. The summed E-state index contributed by atoms with van der Waals surface area (Å²) in [5.74, 6) is -1.06. The second kappa shape index (κ2) is 7.00. The van der Waals surface area contributed by atoms with Gasteiger partial charge in [-0.1, -0.05) is 70.5 Å². The monoisotopic (exact) mass is 368 g/mol. The van der Waals surface area contributed by atoms with E-state index in [1.165, 1.54) is 0 Å². The first-order valence-corrected chi connectivity index (χ1v) is 8.70. The Morgan fingerprint density at radius 2 is 1.67 bits per heavy atom. The third-order valence-electron chi connectivity index (χ3n) is 3.00. The second-order valence-corrected chi connectivity index (χ2v) is 6.96. The molecule has 0 amide bonds. The van der Waals surface area contributed by atoms with E-state index in [-0.39, 0.29) is 0 Å². The number of benzene rings is 2. The fourth-order valence-corrected chi connectivity index (χ4v) is 2.98. The van der Waals surface area contributed by atoms with Crippen LogP contribution in [0.3, 0.4) is 0 Å². The summed E-state index contributed by atoms with van der Waals surface area (Å²) in [6.07, 6.45) is 3.52. The average molecular weight is 369 g/mol. The smallest absolute Gasteiger partial charge is 0.195 e. The lowest BCUT2D eigenvalue weighted by Crippen LogP contribution is -2.08. The summed E-state index contributed by atoms with van der Waals surface area (Å²) < 4.78 is 35.9. The molecule has 0 aromatic heterocycles. The summed E-state index contributed by atoms with van der Waals surface area (Å²) in [7, 11) is -4.54. The topological polar surface area (TPSA) is 34.1 Å². The van der Waals surface area contributed by atoms with Crippen LogP contribution in [0, 0.1) is 0 Å². The summed E-state index contributed by atoms with van der Waals surface area (Å²) in [6, 6.07) is 16.6. The average Bonchev–Trinajstić information content (AvgIpc) is 2.45. The Bertz CT molecular complexity index is 710. The molecule has 0 saturated carbocycles. The first-order chi connectivity index (χ1) is 9.94. The van der Waals surface area contributed by atoms with Crippen LogP contribution in [0.2, 0.25) is 0 Å². The number of halogens is 2. The maximum Gasteiger partial charge on any atom is 0.303 e. The molecule has 0 bridgehead atoms. The van der Waals surface area contributed by atoms with Crippen LogP contribution in [0.25, 0.3) is 6.08 Å². The van der Waals surface area contributed by atoms with Crippen LogP contribution in [0.5, 0.6) is 0 Å². The van der Waals surface area contributed by atoms with E-state index in [0.717, 1.165) is 15.6 Å². The lowest BCUT2D eigenvalue weighted by molar-refractivity contribution is 0.549. The molecule has 110 valence electrons. The maximum absolute atomic E-state index is 13.0. The van der Waals surface area contributed by atoms with E-state index in [0.29, 0.717) is 0 Å². The Morgan fingerprint density at radius 1 is 1.05 bits per heavy atom. The number of allylic oxidation sites excluding steroid dienone is 1. The van der Waals surface area contributed by atoms with Crippen molar-refractivity contribution in [1.29, 1.82) is 0 Å². The van der Waals surface area contributed by atoms with Crippen molar-refractivity contribution in [2.45, 2.75) is 5.92 Å². The van der Waals surface area contributed by atoms with Gasteiger partial charge in [-0.3, -0.25) is 0 Å². The molecule has 2 aromatic rings. The van der Waals surface area contributed by atoms with Crippen molar-refractivity contribution < 1.29 is 12.3 Å². The van der Waals surface area contributed by atoms with E-state index >= 15 is 0 Å². The molecule has 5 heteroatoms. The zero-order chi connectivity index (χ0) is 15.3. The second-order valence-electron chi connectivity index (χ2n) is 4.63. The summed E-state index contributed by atoms with van der Waals surface area (Å²) in [6.45, 7) is 0. The third kappa shape index (κ3) is 5.44. The molecule has 1 atom stereocenters. The van der Waals surface area contributed by atoms with Crippen LogP contribution in [-0.4, -0.2) is 14.2 Å². The summed E-state index contributed by atoms with van der Waals surface area (Å²) >= 11 is 3.35. The van der Waals surface area contributed by atoms with Crippen molar-refractivity contribution in [1.82, 2.24) is 0 Å². The summed E-state index contributed by atoms with van der Waals surface area (Å²) in [5.41, 5.74) is 1.70. The maximum atomic E-state index is 13.0. The summed E-state index contributed by atoms with van der Waals surface area (Å²) in [4.78, 5) is 0. The highest BCUT2D eigenvalue weighted by Gasteiger charge is 2.17. The van der Waals surface area contributed by atoms with Crippen LogP contribution in [0.1, 0.15) is 17.0 Å². The molecule has 2 nitrogen and oxygen atoms in total. The van der Waals surface area contributed by atoms with Crippen molar-refractivity contribution in [2.75, 3.05) is 5.75 Å². The highest BCUT2D eigenvalue weighted by molar-refractivity contribution is 9.10. The van der Waals surface area contributed by atoms with Crippen LogP contribution < -0.4 is 0 Å². The molecule has 0 fully saturated rings. The molecule has 0 aliphatic rings. The van der Waals surface area contributed by atoms with Crippen molar-refractivity contribution in [3.8, 4) is 0 Å². The molecular formula is C16H14BrFO2S. The van der Waals surface area contributed by atoms with Crippen LogP contribution in [0.4, 0.5) is 3.89 Å². The fraction of sp³-hybridized carbons (Fsp3) is 0.125. The summed E-state index contributed by atoms with van der Waals surface area (Å²) in [5, 5.41) is 0. The van der Waals surface area contributed by atoms with Crippen molar-refractivity contribution in [2.24, 2.45) is 0 Å². The number of rotatable bonds is 5. The largest absolute Gasteiger partial charge is 0.303 e. The quantitative estimate of drug-likeness (QED) is 0.725. The minimum atomic E-state index is -4.54. The predicted octanol–water partition coefficient (Wildman–Crippen LogP) is 4.55. The first-order valence-electron chi connectivity index (χ1n) is 6.35. The number of hydrogen-bond acceptors (Lipinski definition) is 2. The van der Waals surface area contributed by atoms with Gasteiger partial charge in [-0.15, -0.1) is 3.89 Å². The molecule has 21 heavy (non-hydrogen) atoms. The molecule has 0 aliphatic heterocycles. The Morgan fingerprint density at radius 3 is 2.24 bits per heavy atom. The van der Waals surface area contributed by atoms with Crippen LogP contribution in [0.15, 0.2) is 65.1 Å².